The van der Waals surface area contributed by atoms with Crippen LogP contribution in [0.1, 0.15) is 19.3 Å². The molecule has 3 rings (SSSR count). The van der Waals surface area contributed by atoms with Crippen molar-refractivity contribution in [3.8, 4) is 0 Å². The van der Waals surface area contributed by atoms with Gasteiger partial charge in [0.1, 0.15) is 0 Å². The number of hydrogen-bond donors (Lipinski definition) is 2. The average molecular weight is 281 g/mol. The molecule has 0 aromatic heterocycles. The Morgan fingerprint density at radius 1 is 1.40 bits per heavy atom. The number of nitrogens with zero attached hydrogens (tertiary/aromatic N) is 1. The van der Waals surface area contributed by atoms with E-state index in [1.807, 2.05) is 11.9 Å². The van der Waals surface area contributed by atoms with Crippen LogP contribution in [0, 0.1) is 11.8 Å². The molecular weight excluding hydrogens is 258 g/mol. The van der Waals surface area contributed by atoms with Crippen LogP contribution in [0.2, 0.25) is 0 Å². The number of likely N-dealkylation sites (N-methyl/N-ethyl adjacent to an activating group) is 1. The zero-order chi connectivity index (χ0) is 14.1. The second-order valence-corrected chi connectivity index (χ2v) is 6.08. The molecule has 3 aliphatic rings. The third-order valence-electron chi connectivity index (χ3n) is 4.90. The fourth-order valence-corrected chi connectivity index (χ4v) is 3.63. The summed E-state index contributed by atoms with van der Waals surface area (Å²) in [6, 6.07) is 0.395. The van der Waals surface area contributed by atoms with Gasteiger partial charge in [0.25, 0.3) is 0 Å². The van der Waals surface area contributed by atoms with E-state index >= 15 is 0 Å². The molecule has 3 fully saturated rings. The largest absolute Gasteiger partial charge is 0.379 e. The molecule has 2 amide bonds. The highest BCUT2D eigenvalue weighted by molar-refractivity contribution is 5.80. The standard InChI is InChI=1S/C14H23N3O3/c1-15-12-8-20-7-10(12)14(19)17-5-4-11-9(6-17)2-3-13(18)16-11/h9-12,15H,2-8H2,1H3,(H,16,18). The van der Waals surface area contributed by atoms with E-state index in [1.165, 1.54) is 0 Å². The lowest BCUT2D eigenvalue weighted by molar-refractivity contribution is -0.139. The van der Waals surface area contributed by atoms with Crippen molar-refractivity contribution >= 4 is 11.8 Å². The van der Waals surface area contributed by atoms with Crippen molar-refractivity contribution in [1.29, 1.82) is 0 Å². The molecular formula is C14H23N3O3. The summed E-state index contributed by atoms with van der Waals surface area (Å²) in [6.07, 6.45) is 2.37. The number of ether oxygens (including phenoxy) is 1. The minimum Gasteiger partial charge on any atom is -0.379 e. The summed E-state index contributed by atoms with van der Waals surface area (Å²) in [6.45, 7) is 2.65. The van der Waals surface area contributed by atoms with Crippen LogP contribution in [-0.2, 0) is 14.3 Å². The fourth-order valence-electron chi connectivity index (χ4n) is 3.63. The van der Waals surface area contributed by atoms with Crippen molar-refractivity contribution in [2.75, 3.05) is 33.4 Å². The highest BCUT2D eigenvalue weighted by Gasteiger charge is 2.40. The van der Waals surface area contributed by atoms with E-state index < -0.39 is 0 Å². The molecule has 6 nitrogen and oxygen atoms in total. The highest BCUT2D eigenvalue weighted by Crippen LogP contribution is 2.27. The Kier molecular flexibility index (Phi) is 3.94. The van der Waals surface area contributed by atoms with E-state index in [0.29, 0.717) is 25.6 Å². The Bertz CT molecular complexity index is 401. The van der Waals surface area contributed by atoms with E-state index in [1.54, 1.807) is 0 Å². The lowest BCUT2D eigenvalue weighted by atomic mass is 9.84. The first-order chi connectivity index (χ1) is 9.69. The van der Waals surface area contributed by atoms with Gasteiger partial charge < -0.3 is 20.3 Å². The predicted molar refractivity (Wildman–Crippen MR) is 73.0 cm³/mol. The van der Waals surface area contributed by atoms with Crippen molar-refractivity contribution in [1.82, 2.24) is 15.5 Å². The van der Waals surface area contributed by atoms with E-state index in [2.05, 4.69) is 10.6 Å². The number of likely N-dealkylation sites (tertiary alicyclic amines) is 1. The summed E-state index contributed by atoms with van der Waals surface area (Å²) in [5.41, 5.74) is 0. The Morgan fingerprint density at radius 3 is 3.05 bits per heavy atom. The first-order valence-corrected chi connectivity index (χ1v) is 7.52. The lowest BCUT2D eigenvalue weighted by Gasteiger charge is -2.42. The molecule has 4 unspecified atom stereocenters. The van der Waals surface area contributed by atoms with Gasteiger partial charge in [-0.15, -0.1) is 0 Å². The molecule has 0 spiro atoms. The number of fused-ring (bicyclic) bond motifs is 1. The van der Waals surface area contributed by atoms with Crippen LogP contribution in [0.4, 0.5) is 0 Å². The predicted octanol–water partition coefficient (Wildman–Crippen LogP) is -0.652. The van der Waals surface area contributed by atoms with Gasteiger partial charge >= 0.3 is 0 Å². The third kappa shape index (κ3) is 2.54. The Balaban J connectivity index is 1.61. The van der Waals surface area contributed by atoms with Gasteiger partial charge in [0, 0.05) is 31.6 Å². The summed E-state index contributed by atoms with van der Waals surface area (Å²) < 4.78 is 5.43. The van der Waals surface area contributed by atoms with Gasteiger partial charge in [0.2, 0.25) is 11.8 Å². The second kappa shape index (κ2) is 5.69. The van der Waals surface area contributed by atoms with Gasteiger partial charge in [-0.2, -0.15) is 0 Å². The van der Waals surface area contributed by atoms with Crippen LogP contribution in [0.25, 0.3) is 0 Å². The fraction of sp³-hybridized carbons (Fsp3) is 0.857. The van der Waals surface area contributed by atoms with Crippen LogP contribution in [0.15, 0.2) is 0 Å². The quantitative estimate of drug-likeness (QED) is 0.705. The maximum Gasteiger partial charge on any atom is 0.229 e. The van der Waals surface area contributed by atoms with Gasteiger partial charge in [-0.25, -0.2) is 0 Å². The Morgan fingerprint density at radius 2 is 2.25 bits per heavy atom. The number of amides is 2. The van der Waals surface area contributed by atoms with Crippen LogP contribution in [0.5, 0.6) is 0 Å². The van der Waals surface area contributed by atoms with Gasteiger partial charge in [0.15, 0.2) is 0 Å². The smallest absolute Gasteiger partial charge is 0.229 e. The first kappa shape index (κ1) is 13.8. The van der Waals surface area contributed by atoms with Crippen molar-refractivity contribution in [2.24, 2.45) is 11.8 Å². The molecule has 0 aromatic rings. The van der Waals surface area contributed by atoms with E-state index in [-0.39, 0.29) is 29.8 Å². The summed E-state index contributed by atoms with van der Waals surface area (Å²) in [7, 11) is 1.88. The van der Waals surface area contributed by atoms with Gasteiger partial charge in [0.05, 0.1) is 19.1 Å². The lowest BCUT2D eigenvalue weighted by Crippen LogP contribution is -2.57. The molecule has 0 radical (unpaired) electrons. The SMILES string of the molecule is CNC1COCC1C(=O)N1CCC2NC(=O)CCC2C1. The number of nitrogens with one attached hydrogen (secondary N) is 2. The van der Waals surface area contributed by atoms with Gasteiger partial charge in [-0.3, -0.25) is 9.59 Å². The molecule has 0 aliphatic carbocycles. The number of rotatable bonds is 2. The topological polar surface area (TPSA) is 70.7 Å². The molecule has 3 saturated heterocycles. The van der Waals surface area contributed by atoms with Crippen molar-refractivity contribution in [3.05, 3.63) is 0 Å². The number of hydrogen-bond acceptors (Lipinski definition) is 4. The van der Waals surface area contributed by atoms with E-state index in [9.17, 15) is 9.59 Å². The maximum absolute atomic E-state index is 12.6. The minimum atomic E-state index is -0.0604. The van der Waals surface area contributed by atoms with Crippen LogP contribution >= 0.6 is 0 Å². The number of carbonyl (C=O) groups is 2. The van der Waals surface area contributed by atoms with Crippen molar-refractivity contribution < 1.29 is 14.3 Å². The van der Waals surface area contributed by atoms with E-state index in [4.69, 9.17) is 4.74 Å². The van der Waals surface area contributed by atoms with Crippen LogP contribution in [0.3, 0.4) is 0 Å². The van der Waals surface area contributed by atoms with Crippen molar-refractivity contribution in [2.45, 2.75) is 31.3 Å². The summed E-state index contributed by atoms with van der Waals surface area (Å²) in [4.78, 5) is 26.0. The minimum absolute atomic E-state index is 0.0604. The maximum atomic E-state index is 12.6. The molecule has 0 saturated carbocycles. The second-order valence-electron chi connectivity index (χ2n) is 6.08. The molecule has 6 heteroatoms. The van der Waals surface area contributed by atoms with Crippen LogP contribution < -0.4 is 10.6 Å². The molecule has 0 bridgehead atoms. The normalized spacial score (nSPS) is 37.5. The molecule has 3 heterocycles. The Hall–Kier alpha value is -1.14. The van der Waals surface area contributed by atoms with Crippen molar-refractivity contribution in [3.63, 3.8) is 0 Å². The van der Waals surface area contributed by atoms with Gasteiger partial charge in [-0.05, 0) is 25.8 Å². The number of carbonyl (C=O) groups excluding carboxylic acids is 2. The first-order valence-electron chi connectivity index (χ1n) is 7.52. The van der Waals surface area contributed by atoms with Gasteiger partial charge in [-0.1, -0.05) is 0 Å². The highest BCUT2D eigenvalue weighted by atomic mass is 16.5. The number of piperidine rings is 2. The third-order valence-corrected chi connectivity index (χ3v) is 4.90. The summed E-state index contributed by atoms with van der Waals surface area (Å²) >= 11 is 0. The summed E-state index contributed by atoms with van der Waals surface area (Å²) in [5, 5.41) is 6.22. The zero-order valence-electron chi connectivity index (χ0n) is 11.9. The summed E-state index contributed by atoms with van der Waals surface area (Å²) in [5.74, 6) is 0.721. The molecule has 3 aliphatic heterocycles. The Labute approximate surface area is 119 Å². The molecule has 2 N–H and O–H groups in total. The molecule has 20 heavy (non-hydrogen) atoms. The molecule has 0 aromatic carbocycles. The zero-order valence-corrected chi connectivity index (χ0v) is 11.9. The monoisotopic (exact) mass is 281 g/mol. The molecule has 4 atom stereocenters. The molecule has 112 valence electrons. The average Bonchev–Trinajstić information content (AvgIpc) is 2.94. The van der Waals surface area contributed by atoms with Crippen LogP contribution in [-0.4, -0.2) is 62.1 Å². The van der Waals surface area contributed by atoms with E-state index in [0.717, 1.165) is 25.9 Å².